The predicted octanol–water partition coefficient (Wildman–Crippen LogP) is 3.14. The third kappa shape index (κ3) is 2.52. The molecule has 0 unspecified atom stereocenters. The summed E-state index contributed by atoms with van der Waals surface area (Å²) in [6.07, 6.45) is 1.51. The minimum absolute atomic E-state index is 0.211. The van der Waals surface area contributed by atoms with E-state index >= 15 is 0 Å². The molecule has 5 rings (SSSR count). The summed E-state index contributed by atoms with van der Waals surface area (Å²) in [6, 6.07) is 15.0. The quantitative estimate of drug-likeness (QED) is 0.461. The fourth-order valence-corrected chi connectivity index (χ4v) is 3.08. The fourth-order valence-electron chi connectivity index (χ4n) is 3.08. The minimum atomic E-state index is -0.231. The third-order valence-corrected chi connectivity index (χ3v) is 4.47. The van der Waals surface area contributed by atoms with Gasteiger partial charge in [-0.15, -0.1) is 0 Å². The van der Waals surface area contributed by atoms with E-state index in [2.05, 4.69) is 15.1 Å². The second kappa shape index (κ2) is 5.91. The van der Waals surface area contributed by atoms with Crippen molar-refractivity contribution in [2.45, 2.75) is 6.54 Å². The molecule has 0 saturated carbocycles. The Bertz CT molecular complexity index is 1350. The van der Waals surface area contributed by atoms with E-state index in [4.69, 9.17) is 9.15 Å². The molecule has 7 heteroatoms. The van der Waals surface area contributed by atoms with Gasteiger partial charge in [0.05, 0.1) is 30.9 Å². The van der Waals surface area contributed by atoms with E-state index in [1.807, 2.05) is 48.5 Å². The molecule has 0 bridgehead atoms. The number of benzene rings is 2. The first-order valence-corrected chi connectivity index (χ1v) is 8.41. The minimum Gasteiger partial charge on any atom is -0.497 e. The summed E-state index contributed by atoms with van der Waals surface area (Å²) >= 11 is 0. The summed E-state index contributed by atoms with van der Waals surface area (Å²) in [5.41, 5.74) is 2.91. The topological polar surface area (TPSA) is 83.0 Å². The van der Waals surface area contributed by atoms with Crippen molar-refractivity contribution in [2.24, 2.45) is 0 Å². The van der Waals surface area contributed by atoms with Crippen molar-refractivity contribution in [2.75, 3.05) is 7.11 Å². The van der Waals surface area contributed by atoms with Crippen LogP contribution in [0.3, 0.4) is 0 Å². The Balaban J connectivity index is 1.67. The first-order chi connectivity index (χ1) is 13.2. The Morgan fingerprint density at radius 3 is 2.52 bits per heavy atom. The van der Waals surface area contributed by atoms with Crippen LogP contribution in [0, 0.1) is 0 Å². The highest BCUT2D eigenvalue weighted by atomic mass is 16.5. The molecule has 132 valence electrons. The molecule has 0 amide bonds. The highest BCUT2D eigenvalue weighted by molar-refractivity contribution is 5.89. The number of hydrogen-bond acceptors (Lipinski definition) is 6. The Hall–Kier alpha value is -3.74. The molecular weight excluding hydrogens is 344 g/mol. The van der Waals surface area contributed by atoms with Crippen molar-refractivity contribution < 1.29 is 9.15 Å². The largest absolute Gasteiger partial charge is 0.497 e. The van der Waals surface area contributed by atoms with Crippen LogP contribution >= 0.6 is 0 Å². The van der Waals surface area contributed by atoms with Crippen molar-refractivity contribution in [3.8, 4) is 5.75 Å². The average Bonchev–Trinajstić information content (AvgIpc) is 3.10. The van der Waals surface area contributed by atoms with Crippen molar-refractivity contribution in [1.29, 1.82) is 0 Å². The molecule has 0 N–H and O–H groups in total. The average molecular weight is 358 g/mol. The molecule has 27 heavy (non-hydrogen) atoms. The standard InChI is InChI=1S/C20H14N4O3/c1-26-13-8-6-12(7-9-13)11-24-20-14(10-21-24)18(25)17-19(27-20)23-16-5-3-2-4-15(16)22-17/h2-10H,11H2,1H3. The molecule has 3 heterocycles. The maximum atomic E-state index is 12.8. The normalized spacial score (nSPS) is 11.4. The van der Waals surface area contributed by atoms with Crippen LogP contribution in [-0.2, 0) is 6.54 Å². The molecule has 0 aliphatic heterocycles. The van der Waals surface area contributed by atoms with E-state index in [0.29, 0.717) is 28.7 Å². The number of nitrogens with zero attached hydrogens (tertiary/aromatic N) is 4. The highest BCUT2D eigenvalue weighted by Crippen LogP contribution is 2.20. The van der Waals surface area contributed by atoms with Gasteiger partial charge in [0.15, 0.2) is 5.52 Å². The van der Waals surface area contributed by atoms with Crippen LogP contribution in [0.2, 0.25) is 0 Å². The smallest absolute Gasteiger partial charge is 0.251 e. The van der Waals surface area contributed by atoms with Crippen LogP contribution in [0.15, 0.2) is 63.9 Å². The lowest BCUT2D eigenvalue weighted by atomic mass is 10.2. The van der Waals surface area contributed by atoms with Gasteiger partial charge in [0.25, 0.3) is 5.71 Å². The number of para-hydroxylation sites is 2. The van der Waals surface area contributed by atoms with Crippen LogP contribution < -0.4 is 10.2 Å². The molecule has 0 spiro atoms. The summed E-state index contributed by atoms with van der Waals surface area (Å²) in [4.78, 5) is 21.7. The summed E-state index contributed by atoms with van der Waals surface area (Å²) in [7, 11) is 1.63. The number of methoxy groups -OCH3 is 1. The number of aromatic nitrogens is 4. The molecule has 0 atom stereocenters. The third-order valence-electron chi connectivity index (χ3n) is 4.47. The molecular formula is C20H14N4O3. The lowest BCUT2D eigenvalue weighted by Gasteiger charge is -2.05. The van der Waals surface area contributed by atoms with E-state index in [9.17, 15) is 4.79 Å². The van der Waals surface area contributed by atoms with Gasteiger partial charge in [0.1, 0.15) is 11.1 Å². The second-order valence-electron chi connectivity index (χ2n) is 6.17. The van der Waals surface area contributed by atoms with E-state index < -0.39 is 0 Å². The molecule has 0 radical (unpaired) electrons. The van der Waals surface area contributed by atoms with E-state index in [0.717, 1.165) is 11.3 Å². The van der Waals surface area contributed by atoms with Crippen molar-refractivity contribution >= 4 is 33.4 Å². The van der Waals surface area contributed by atoms with Crippen LogP contribution in [0.25, 0.3) is 33.4 Å². The molecule has 0 saturated heterocycles. The molecule has 5 aromatic rings. The predicted molar refractivity (Wildman–Crippen MR) is 101 cm³/mol. The molecule has 7 nitrogen and oxygen atoms in total. The van der Waals surface area contributed by atoms with Gasteiger partial charge >= 0.3 is 0 Å². The molecule has 0 aliphatic carbocycles. The summed E-state index contributed by atoms with van der Waals surface area (Å²) in [5.74, 6) is 0.781. The van der Waals surface area contributed by atoms with Crippen LogP contribution in [-0.4, -0.2) is 26.9 Å². The van der Waals surface area contributed by atoms with Gasteiger partial charge < -0.3 is 9.15 Å². The van der Waals surface area contributed by atoms with Crippen molar-refractivity contribution in [3.63, 3.8) is 0 Å². The molecule has 2 aromatic carbocycles. The highest BCUT2D eigenvalue weighted by Gasteiger charge is 2.16. The van der Waals surface area contributed by atoms with Gasteiger partial charge in [0.2, 0.25) is 11.1 Å². The number of rotatable bonds is 3. The van der Waals surface area contributed by atoms with E-state index in [-0.39, 0.29) is 16.7 Å². The van der Waals surface area contributed by atoms with Gasteiger partial charge in [-0.3, -0.25) is 4.79 Å². The van der Waals surface area contributed by atoms with Gasteiger partial charge in [-0.05, 0) is 29.8 Å². The zero-order valence-corrected chi connectivity index (χ0v) is 14.4. The lowest BCUT2D eigenvalue weighted by Crippen LogP contribution is -2.07. The van der Waals surface area contributed by atoms with Gasteiger partial charge in [-0.25, -0.2) is 14.6 Å². The van der Waals surface area contributed by atoms with Crippen LogP contribution in [0.1, 0.15) is 5.56 Å². The first-order valence-electron chi connectivity index (χ1n) is 8.41. The Labute approximate surface area is 152 Å². The molecule has 3 aromatic heterocycles. The Kier molecular flexibility index (Phi) is 3.39. The van der Waals surface area contributed by atoms with E-state index in [1.54, 1.807) is 11.8 Å². The second-order valence-corrected chi connectivity index (χ2v) is 6.17. The SMILES string of the molecule is COc1ccc(Cn2ncc3c(=O)c4nc5ccccc5nc4oc32)cc1. The van der Waals surface area contributed by atoms with Crippen LogP contribution in [0.5, 0.6) is 5.75 Å². The number of ether oxygens (including phenoxy) is 1. The Morgan fingerprint density at radius 2 is 1.78 bits per heavy atom. The monoisotopic (exact) mass is 358 g/mol. The number of fused-ring (bicyclic) bond motifs is 3. The summed E-state index contributed by atoms with van der Waals surface area (Å²) < 4.78 is 12.7. The number of hydrogen-bond donors (Lipinski definition) is 0. The first kappa shape index (κ1) is 15.5. The van der Waals surface area contributed by atoms with Gasteiger partial charge in [-0.2, -0.15) is 5.10 Å². The van der Waals surface area contributed by atoms with Crippen molar-refractivity contribution in [3.05, 3.63) is 70.5 Å². The summed E-state index contributed by atoms with van der Waals surface area (Å²) in [5, 5.41) is 4.71. The molecule has 0 aliphatic rings. The molecule has 0 fully saturated rings. The fraction of sp³-hybridized carbons (Fsp3) is 0.100. The van der Waals surface area contributed by atoms with Crippen LogP contribution in [0.4, 0.5) is 0 Å². The van der Waals surface area contributed by atoms with Gasteiger partial charge in [0, 0.05) is 0 Å². The summed E-state index contributed by atoms with van der Waals surface area (Å²) in [6.45, 7) is 0.461. The maximum absolute atomic E-state index is 12.8. The maximum Gasteiger partial charge on any atom is 0.251 e. The zero-order chi connectivity index (χ0) is 18.4. The van der Waals surface area contributed by atoms with Gasteiger partial charge in [-0.1, -0.05) is 24.3 Å². The lowest BCUT2D eigenvalue weighted by molar-refractivity contribution is 0.414. The zero-order valence-electron chi connectivity index (χ0n) is 14.4. The van der Waals surface area contributed by atoms with Crippen molar-refractivity contribution in [1.82, 2.24) is 19.7 Å². The van der Waals surface area contributed by atoms with E-state index in [1.165, 1.54) is 6.20 Å². The Morgan fingerprint density at radius 1 is 1.04 bits per heavy atom.